The molecule has 0 saturated heterocycles. The van der Waals surface area contributed by atoms with Gasteiger partial charge in [0.05, 0.1) is 10.6 Å². The maximum atomic E-state index is 12.2. The molecule has 1 N–H and O–H groups in total. The van der Waals surface area contributed by atoms with E-state index in [0.29, 0.717) is 17.1 Å². The van der Waals surface area contributed by atoms with E-state index < -0.39 is 0 Å². The number of hydrogen-bond donors (Lipinski definition) is 1. The fraction of sp³-hybridized carbons (Fsp3) is 0.143. The Hall–Kier alpha value is -2.07. The fourth-order valence-electron chi connectivity index (χ4n) is 1.70. The highest BCUT2D eigenvalue weighted by atomic mass is 35.5. The van der Waals surface area contributed by atoms with Crippen molar-refractivity contribution in [1.82, 2.24) is 9.88 Å². The Labute approximate surface area is 116 Å². The standard InChI is InChI=1S/C14H13ClN2O2/c1-17(9-10-2-4-11(18)5-3-10)14(19)12-6-7-16-8-13(12)15/h2-8,18H,9H2,1H3. The van der Waals surface area contributed by atoms with Crippen LogP contribution in [0.3, 0.4) is 0 Å². The van der Waals surface area contributed by atoms with Gasteiger partial charge in [-0.1, -0.05) is 23.7 Å². The molecule has 0 unspecified atom stereocenters. The molecule has 1 aromatic heterocycles. The summed E-state index contributed by atoms with van der Waals surface area (Å²) in [5.41, 5.74) is 1.36. The summed E-state index contributed by atoms with van der Waals surface area (Å²) in [6.45, 7) is 0.442. The maximum Gasteiger partial charge on any atom is 0.255 e. The highest BCUT2D eigenvalue weighted by Gasteiger charge is 2.15. The topological polar surface area (TPSA) is 53.4 Å². The van der Waals surface area contributed by atoms with Crippen LogP contribution < -0.4 is 0 Å². The molecule has 2 rings (SSSR count). The van der Waals surface area contributed by atoms with Gasteiger partial charge in [0.15, 0.2) is 0 Å². The van der Waals surface area contributed by atoms with E-state index >= 15 is 0 Å². The lowest BCUT2D eigenvalue weighted by molar-refractivity contribution is 0.0785. The second kappa shape index (κ2) is 5.71. The molecule has 4 nitrogen and oxygen atoms in total. The van der Waals surface area contributed by atoms with Crippen LogP contribution in [0.2, 0.25) is 5.02 Å². The monoisotopic (exact) mass is 276 g/mol. The molecule has 0 aliphatic heterocycles. The third-order valence-corrected chi connectivity index (χ3v) is 3.01. The normalized spacial score (nSPS) is 10.2. The number of halogens is 1. The molecule has 0 bridgehead atoms. The molecule has 0 aliphatic rings. The van der Waals surface area contributed by atoms with Crippen LogP contribution in [0, 0.1) is 0 Å². The number of aromatic nitrogens is 1. The molecule has 1 amide bonds. The van der Waals surface area contributed by atoms with E-state index in [1.807, 2.05) is 0 Å². The van der Waals surface area contributed by atoms with Crippen LogP contribution in [0.5, 0.6) is 5.75 Å². The van der Waals surface area contributed by atoms with E-state index in [1.54, 1.807) is 42.3 Å². The van der Waals surface area contributed by atoms with Crippen molar-refractivity contribution in [3.63, 3.8) is 0 Å². The number of rotatable bonds is 3. The molecule has 0 radical (unpaired) electrons. The van der Waals surface area contributed by atoms with Gasteiger partial charge in [-0.3, -0.25) is 9.78 Å². The summed E-state index contributed by atoms with van der Waals surface area (Å²) in [7, 11) is 1.70. The zero-order valence-corrected chi connectivity index (χ0v) is 11.1. The van der Waals surface area contributed by atoms with Crippen LogP contribution >= 0.6 is 11.6 Å². The molecule has 0 aliphatic carbocycles. The number of phenolic OH excluding ortho intramolecular Hbond substituents is 1. The SMILES string of the molecule is CN(Cc1ccc(O)cc1)C(=O)c1ccncc1Cl. The van der Waals surface area contributed by atoms with E-state index in [1.165, 1.54) is 12.4 Å². The molecule has 19 heavy (non-hydrogen) atoms. The number of hydrogen-bond acceptors (Lipinski definition) is 3. The van der Waals surface area contributed by atoms with Crippen LogP contribution in [-0.4, -0.2) is 27.9 Å². The zero-order valence-electron chi connectivity index (χ0n) is 10.4. The van der Waals surface area contributed by atoms with Crippen molar-refractivity contribution in [2.45, 2.75) is 6.54 Å². The van der Waals surface area contributed by atoms with E-state index in [9.17, 15) is 9.90 Å². The van der Waals surface area contributed by atoms with Gasteiger partial charge in [-0.2, -0.15) is 0 Å². The van der Waals surface area contributed by atoms with Gasteiger partial charge in [0, 0.05) is 26.0 Å². The van der Waals surface area contributed by atoms with E-state index in [2.05, 4.69) is 4.98 Å². The summed E-state index contributed by atoms with van der Waals surface area (Å²) in [4.78, 5) is 17.6. The number of benzene rings is 1. The number of phenols is 1. The third-order valence-electron chi connectivity index (χ3n) is 2.71. The van der Waals surface area contributed by atoms with Gasteiger partial charge in [0.25, 0.3) is 5.91 Å². The second-order valence-corrected chi connectivity index (χ2v) is 4.59. The lowest BCUT2D eigenvalue weighted by Gasteiger charge is -2.17. The Morgan fingerprint density at radius 1 is 1.32 bits per heavy atom. The summed E-state index contributed by atoms with van der Waals surface area (Å²) in [6, 6.07) is 8.32. The average Bonchev–Trinajstić information content (AvgIpc) is 2.41. The first-order valence-corrected chi connectivity index (χ1v) is 6.08. The Morgan fingerprint density at radius 2 is 2.00 bits per heavy atom. The van der Waals surface area contributed by atoms with Crippen LogP contribution in [0.1, 0.15) is 15.9 Å². The largest absolute Gasteiger partial charge is 0.508 e. The first-order chi connectivity index (χ1) is 9.08. The quantitative estimate of drug-likeness (QED) is 0.938. The summed E-state index contributed by atoms with van der Waals surface area (Å²) in [5, 5.41) is 9.55. The molecule has 0 saturated carbocycles. The lowest BCUT2D eigenvalue weighted by atomic mass is 10.2. The highest BCUT2D eigenvalue weighted by Crippen LogP contribution is 2.17. The van der Waals surface area contributed by atoms with Crippen molar-refractivity contribution >= 4 is 17.5 Å². The molecule has 5 heteroatoms. The molecular formula is C14H13ClN2O2. The van der Waals surface area contributed by atoms with Crippen molar-refractivity contribution in [3.05, 3.63) is 58.9 Å². The Kier molecular flexibility index (Phi) is 4.02. The van der Waals surface area contributed by atoms with Crippen molar-refractivity contribution in [3.8, 4) is 5.75 Å². The summed E-state index contributed by atoms with van der Waals surface area (Å²) in [5.74, 6) is 0.0374. The average molecular weight is 277 g/mol. The number of aromatic hydroxyl groups is 1. The minimum absolute atomic E-state index is 0.166. The third kappa shape index (κ3) is 3.23. The van der Waals surface area contributed by atoms with E-state index in [0.717, 1.165) is 5.56 Å². The Balaban J connectivity index is 2.12. The van der Waals surface area contributed by atoms with Gasteiger partial charge in [-0.25, -0.2) is 0 Å². The predicted octanol–water partition coefficient (Wildman–Crippen LogP) is 2.71. The van der Waals surface area contributed by atoms with Crippen LogP contribution in [0.15, 0.2) is 42.7 Å². The minimum atomic E-state index is -0.166. The molecule has 0 spiro atoms. The minimum Gasteiger partial charge on any atom is -0.508 e. The summed E-state index contributed by atoms with van der Waals surface area (Å²) >= 11 is 5.94. The molecule has 2 aromatic rings. The van der Waals surface area contributed by atoms with E-state index in [-0.39, 0.29) is 11.7 Å². The van der Waals surface area contributed by atoms with Gasteiger partial charge < -0.3 is 10.0 Å². The van der Waals surface area contributed by atoms with Gasteiger partial charge in [-0.05, 0) is 23.8 Å². The van der Waals surface area contributed by atoms with Gasteiger partial charge >= 0.3 is 0 Å². The highest BCUT2D eigenvalue weighted by molar-refractivity contribution is 6.33. The van der Waals surface area contributed by atoms with Crippen molar-refractivity contribution < 1.29 is 9.90 Å². The maximum absolute atomic E-state index is 12.2. The number of carbonyl (C=O) groups is 1. The zero-order chi connectivity index (χ0) is 13.8. The predicted molar refractivity (Wildman–Crippen MR) is 73.2 cm³/mol. The lowest BCUT2D eigenvalue weighted by Crippen LogP contribution is -2.26. The van der Waals surface area contributed by atoms with Gasteiger partial charge in [-0.15, -0.1) is 0 Å². The van der Waals surface area contributed by atoms with Crippen LogP contribution in [0.25, 0.3) is 0 Å². The van der Waals surface area contributed by atoms with Gasteiger partial charge in [0.2, 0.25) is 0 Å². The summed E-state index contributed by atoms with van der Waals surface area (Å²) in [6.07, 6.45) is 2.98. The van der Waals surface area contributed by atoms with E-state index in [4.69, 9.17) is 11.6 Å². The molecule has 0 atom stereocenters. The number of carbonyl (C=O) groups excluding carboxylic acids is 1. The van der Waals surface area contributed by atoms with Crippen molar-refractivity contribution in [2.24, 2.45) is 0 Å². The molecule has 1 aromatic carbocycles. The molecule has 1 heterocycles. The Bertz CT molecular complexity index is 584. The molecular weight excluding hydrogens is 264 g/mol. The first kappa shape index (κ1) is 13.4. The number of nitrogens with zero attached hydrogens (tertiary/aromatic N) is 2. The van der Waals surface area contributed by atoms with Crippen LogP contribution in [-0.2, 0) is 6.54 Å². The molecule has 98 valence electrons. The Morgan fingerprint density at radius 3 is 2.63 bits per heavy atom. The molecule has 0 fully saturated rings. The summed E-state index contributed by atoms with van der Waals surface area (Å²) < 4.78 is 0. The second-order valence-electron chi connectivity index (χ2n) is 4.18. The number of pyridine rings is 1. The fourth-order valence-corrected chi connectivity index (χ4v) is 1.90. The van der Waals surface area contributed by atoms with Gasteiger partial charge in [0.1, 0.15) is 5.75 Å². The smallest absolute Gasteiger partial charge is 0.255 e. The number of amides is 1. The first-order valence-electron chi connectivity index (χ1n) is 5.71. The van der Waals surface area contributed by atoms with Crippen molar-refractivity contribution in [2.75, 3.05) is 7.05 Å². The van der Waals surface area contributed by atoms with Crippen molar-refractivity contribution in [1.29, 1.82) is 0 Å². The van der Waals surface area contributed by atoms with Crippen LogP contribution in [0.4, 0.5) is 0 Å².